The first-order valence-electron chi connectivity index (χ1n) is 7.74. The maximum atomic E-state index is 12.6. The first kappa shape index (κ1) is 15.1. The molecule has 1 fully saturated rings. The molecular weight excluding hydrogens is 294 g/mol. The van der Waals surface area contributed by atoms with E-state index in [0.717, 1.165) is 31.6 Å². The standard InChI is InChI=1S/C18H21NO2S/c1-21-15-6-2-5-14(13-15)17-8-3-11-19(17)18(20)10-9-16-7-4-12-22-16/h2,4-7,12-13,17H,3,8-11H2,1H3/t17-/m0/s1. The zero-order valence-electron chi connectivity index (χ0n) is 12.8. The van der Waals surface area contributed by atoms with Crippen molar-refractivity contribution in [1.29, 1.82) is 0 Å². The van der Waals surface area contributed by atoms with Crippen molar-refractivity contribution in [2.24, 2.45) is 0 Å². The van der Waals surface area contributed by atoms with Crippen molar-refractivity contribution in [2.75, 3.05) is 13.7 Å². The number of aryl methyl sites for hydroxylation is 1. The van der Waals surface area contributed by atoms with Crippen LogP contribution in [0.25, 0.3) is 0 Å². The number of methoxy groups -OCH3 is 1. The number of amides is 1. The summed E-state index contributed by atoms with van der Waals surface area (Å²) in [5.41, 5.74) is 1.18. The van der Waals surface area contributed by atoms with Crippen molar-refractivity contribution in [3.63, 3.8) is 0 Å². The Labute approximate surface area is 135 Å². The van der Waals surface area contributed by atoms with Gasteiger partial charge in [0, 0.05) is 17.8 Å². The van der Waals surface area contributed by atoms with Gasteiger partial charge in [0.1, 0.15) is 5.75 Å². The van der Waals surface area contributed by atoms with Crippen LogP contribution in [0.15, 0.2) is 41.8 Å². The van der Waals surface area contributed by atoms with Gasteiger partial charge in [-0.2, -0.15) is 0 Å². The number of carbonyl (C=O) groups excluding carboxylic acids is 1. The molecule has 0 unspecified atom stereocenters. The number of hydrogen-bond acceptors (Lipinski definition) is 3. The molecule has 1 aromatic carbocycles. The van der Waals surface area contributed by atoms with Crippen molar-refractivity contribution < 1.29 is 9.53 Å². The van der Waals surface area contributed by atoms with Gasteiger partial charge in [0.05, 0.1) is 13.2 Å². The topological polar surface area (TPSA) is 29.5 Å². The highest BCUT2D eigenvalue weighted by atomic mass is 32.1. The number of likely N-dealkylation sites (tertiary alicyclic amines) is 1. The first-order chi connectivity index (χ1) is 10.8. The number of carbonyl (C=O) groups is 1. The van der Waals surface area contributed by atoms with Crippen molar-refractivity contribution >= 4 is 17.2 Å². The molecule has 1 saturated heterocycles. The van der Waals surface area contributed by atoms with Crippen molar-refractivity contribution in [2.45, 2.75) is 31.7 Å². The van der Waals surface area contributed by atoms with Crippen LogP contribution < -0.4 is 4.74 Å². The summed E-state index contributed by atoms with van der Waals surface area (Å²) >= 11 is 1.72. The summed E-state index contributed by atoms with van der Waals surface area (Å²) in [4.78, 5) is 15.9. The van der Waals surface area contributed by atoms with E-state index in [9.17, 15) is 4.79 Å². The molecule has 2 aromatic rings. The molecule has 3 nitrogen and oxygen atoms in total. The highest BCUT2D eigenvalue weighted by Crippen LogP contribution is 2.34. The number of rotatable bonds is 5. The molecule has 1 aromatic heterocycles. The number of hydrogen-bond donors (Lipinski definition) is 0. The van der Waals surface area contributed by atoms with E-state index in [4.69, 9.17) is 4.74 Å². The van der Waals surface area contributed by atoms with Gasteiger partial charge in [-0.15, -0.1) is 11.3 Å². The Morgan fingerprint density at radius 3 is 3.05 bits per heavy atom. The summed E-state index contributed by atoms with van der Waals surface area (Å²) in [7, 11) is 1.68. The Morgan fingerprint density at radius 2 is 2.27 bits per heavy atom. The van der Waals surface area contributed by atoms with Crippen LogP contribution in [0, 0.1) is 0 Å². The Kier molecular flexibility index (Phi) is 4.78. The van der Waals surface area contributed by atoms with Crippen LogP contribution in [0.3, 0.4) is 0 Å². The van der Waals surface area contributed by atoms with Crippen molar-refractivity contribution in [3.05, 3.63) is 52.2 Å². The van der Waals surface area contributed by atoms with Gasteiger partial charge in [0.2, 0.25) is 5.91 Å². The lowest BCUT2D eigenvalue weighted by molar-refractivity contribution is -0.132. The molecule has 116 valence electrons. The second-order valence-electron chi connectivity index (χ2n) is 5.60. The van der Waals surface area contributed by atoms with Crippen LogP contribution in [0.1, 0.15) is 35.7 Å². The summed E-state index contributed by atoms with van der Waals surface area (Å²) in [5.74, 6) is 1.12. The summed E-state index contributed by atoms with van der Waals surface area (Å²) in [5, 5.41) is 2.06. The van der Waals surface area contributed by atoms with Crippen LogP contribution in [0.5, 0.6) is 5.75 Å². The highest BCUT2D eigenvalue weighted by molar-refractivity contribution is 7.09. The Balaban J connectivity index is 1.68. The quantitative estimate of drug-likeness (QED) is 0.833. The van der Waals surface area contributed by atoms with E-state index in [1.54, 1.807) is 18.4 Å². The van der Waals surface area contributed by atoms with Gasteiger partial charge in [-0.25, -0.2) is 0 Å². The van der Waals surface area contributed by atoms with Gasteiger partial charge in [-0.05, 0) is 48.4 Å². The molecule has 1 amide bonds. The van der Waals surface area contributed by atoms with Gasteiger partial charge in [0.25, 0.3) is 0 Å². The fraction of sp³-hybridized carbons (Fsp3) is 0.389. The minimum absolute atomic E-state index is 0.200. The Hall–Kier alpha value is -1.81. The number of nitrogens with zero attached hydrogens (tertiary/aromatic N) is 1. The minimum atomic E-state index is 0.200. The fourth-order valence-electron chi connectivity index (χ4n) is 3.09. The SMILES string of the molecule is COc1cccc([C@@H]2CCCN2C(=O)CCc2cccs2)c1. The summed E-state index contributed by atoms with van der Waals surface area (Å²) < 4.78 is 5.30. The lowest BCUT2D eigenvalue weighted by Gasteiger charge is -2.25. The van der Waals surface area contributed by atoms with Crippen LogP contribution in [0.2, 0.25) is 0 Å². The molecule has 3 rings (SSSR count). The third kappa shape index (κ3) is 3.33. The van der Waals surface area contributed by atoms with Crippen LogP contribution in [-0.2, 0) is 11.2 Å². The van der Waals surface area contributed by atoms with E-state index in [2.05, 4.69) is 23.6 Å². The number of ether oxygens (including phenoxy) is 1. The fourth-order valence-corrected chi connectivity index (χ4v) is 3.80. The smallest absolute Gasteiger partial charge is 0.223 e. The van der Waals surface area contributed by atoms with E-state index in [1.807, 2.05) is 23.1 Å². The van der Waals surface area contributed by atoms with Crippen LogP contribution >= 0.6 is 11.3 Å². The average Bonchev–Trinajstić information content (AvgIpc) is 3.24. The molecule has 0 aliphatic carbocycles. The normalized spacial score (nSPS) is 17.7. The molecule has 2 heterocycles. The maximum Gasteiger partial charge on any atom is 0.223 e. The minimum Gasteiger partial charge on any atom is -0.497 e. The van der Waals surface area contributed by atoms with E-state index >= 15 is 0 Å². The predicted octanol–water partition coefficient (Wildman–Crippen LogP) is 4.05. The van der Waals surface area contributed by atoms with E-state index in [-0.39, 0.29) is 11.9 Å². The highest BCUT2D eigenvalue weighted by Gasteiger charge is 2.29. The average molecular weight is 315 g/mol. The molecule has 1 aliphatic heterocycles. The zero-order valence-corrected chi connectivity index (χ0v) is 13.6. The predicted molar refractivity (Wildman–Crippen MR) is 89.3 cm³/mol. The van der Waals surface area contributed by atoms with Gasteiger partial charge in [-0.3, -0.25) is 4.79 Å². The Morgan fingerprint density at radius 1 is 1.36 bits per heavy atom. The van der Waals surface area contributed by atoms with E-state index < -0.39 is 0 Å². The lowest BCUT2D eigenvalue weighted by atomic mass is 10.0. The molecule has 0 spiro atoms. The van der Waals surface area contributed by atoms with Gasteiger partial charge in [-0.1, -0.05) is 18.2 Å². The molecule has 4 heteroatoms. The monoisotopic (exact) mass is 315 g/mol. The van der Waals surface area contributed by atoms with Crippen LogP contribution in [-0.4, -0.2) is 24.5 Å². The van der Waals surface area contributed by atoms with Gasteiger partial charge >= 0.3 is 0 Å². The molecule has 0 N–H and O–H groups in total. The molecular formula is C18H21NO2S. The molecule has 0 bridgehead atoms. The summed E-state index contributed by atoms with van der Waals surface area (Å²) in [6.45, 7) is 0.866. The maximum absolute atomic E-state index is 12.6. The largest absolute Gasteiger partial charge is 0.497 e. The molecule has 0 radical (unpaired) electrons. The van der Waals surface area contributed by atoms with Crippen molar-refractivity contribution in [1.82, 2.24) is 4.90 Å². The Bertz CT molecular complexity index is 624. The second kappa shape index (κ2) is 6.97. The molecule has 1 atom stereocenters. The first-order valence-corrected chi connectivity index (χ1v) is 8.61. The number of thiophene rings is 1. The van der Waals surface area contributed by atoms with Crippen LogP contribution in [0.4, 0.5) is 0 Å². The second-order valence-corrected chi connectivity index (χ2v) is 6.63. The molecule has 0 saturated carbocycles. The molecule has 22 heavy (non-hydrogen) atoms. The molecule has 1 aliphatic rings. The van der Waals surface area contributed by atoms with Gasteiger partial charge in [0.15, 0.2) is 0 Å². The third-order valence-electron chi connectivity index (χ3n) is 4.22. The third-order valence-corrected chi connectivity index (χ3v) is 5.15. The van der Waals surface area contributed by atoms with E-state index in [0.29, 0.717) is 6.42 Å². The summed E-state index contributed by atoms with van der Waals surface area (Å²) in [6, 6.07) is 12.4. The van der Waals surface area contributed by atoms with E-state index in [1.165, 1.54) is 10.4 Å². The van der Waals surface area contributed by atoms with Crippen molar-refractivity contribution in [3.8, 4) is 5.75 Å². The zero-order chi connectivity index (χ0) is 15.4. The lowest BCUT2D eigenvalue weighted by Crippen LogP contribution is -2.30. The summed E-state index contributed by atoms with van der Waals surface area (Å²) in [6.07, 6.45) is 3.56. The number of benzene rings is 1. The van der Waals surface area contributed by atoms with Gasteiger partial charge < -0.3 is 9.64 Å².